The Bertz CT molecular complexity index is 487. The monoisotopic (exact) mass is 302 g/mol. The molecule has 22 heavy (non-hydrogen) atoms. The van der Waals surface area contributed by atoms with Crippen molar-refractivity contribution in [1.29, 1.82) is 0 Å². The molecule has 120 valence electrons. The highest BCUT2D eigenvalue weighted by molar-refractivity contribution is 5.78. The number of likely N-dealkylation sites (tertiary alicyclic amines) is 1. The fourth-order valence-corrected chi connectivity index (χ4v) is 2.60. The van der Waals surface area contributed by atoms with Crippen molar-refractivity contribution in [2.45, 2.75) is 32.1 Å². The van der Waals surface area contributed by atoms with Crippen LogP contribution in [0.2, 0.25) is 0 Å². The number of nitrogens with zero attached hydrogens (tertiary/aromatic N) is 2. The van der Waals surface area contributed by atoms with E-state index in [0.29, 0.717) is 32.0 Å². The van der Waals surface area contributed by atoms with Gasteiger partial charge >= 0.3 is 0 Å². The maximum absolute atomic E-state index is 11.9. The van der Waals surface area contributed by atoms with Crippen LogP contribution in [0.25, 0.3) is 0 Å². The van der Waals surface area contributed by atoms with Crippen molar-refractivity contribution < 1.29 is 4.79 Å². The lowest BCUT2D eigenvalue weighted by atomic mass is 10.2. The predicted molar refractivity (Wildman–Crippen MR) is 89.7 cm³/mol. The Balaban J connectivity index is 1.65. The Morgan fingerprint density at radius 1 is 1.23 bits per heavy atom. The fourth-order valence-electron chi connectivity index (χ4n) is 2.60. The average molecular weight is 302 g/mol. The van der Waals surface area contributed by atoms with Crippen molar-refractivity contribution in [3.05, 3.63) is 35.9 Å². The van der Waals surface area contributed by atoms with Crippen LogP contribution >= 0.6 is 0 Å². The van der Waals surface area contributed by atoms with Crippen molar-refractivity contribution in [3.8, 4) is 0 Å². The largest absolute Gasteiger partial charge is 0.370 e. The van der Waals surface area contributed by atoms with Crippen LogP contribution in [-0.4, -0.2) is 42.9 Å². The van der Waals surface area contributed by atoms with Gasteiger partial charge in [-0.1, -0.05) is 36.8 Å². The van der Waals surface area contributed by atoms with Gasteiger partial charge in [0, 0.05) is 32.6 Å². The molecule has 0 radical (unpaired) electrons. The maximum atomic E-state index is 11.9. The number of guanidine groups is 1. The molecule has 5 nitrogen and oxygen atoms in total. The third-order valence-electron chi connectivity index (χ3n) is 3.88. The first-order valence-electron chi connectivity index (χ1n) is 8.11. The van der Waals surface area contributed by atoms with Crippen LogP contribution in [0.5, 0.6) is 0 Å². The van der Waals surface area contributed by atoms with Crippen molar-refractivity contribution in [1.82, 2.24) is 10.2 Å². The lowest BCUT2D eigenvalue weighted by molar-refractivity contribution is -0.130. The molecule has 2 rings (SSSR count). The number of nitrogens with two attached hydrogens (primary N) is 1. The summed E-state index contributed by atoms with van der Waals surface area (Å²) in [6, 6.07) is 10.2. The number of aliphatic imine (C=N–C) groups is 1. The number of carbonyl (C=O) groups excluding carboxylic acids is 1. The Hall–Kier alpha value is -2.04. The smallest absolute Gasteiger partial charge is 0.222 e. The second-order valence-corrected chi connectivity index (χ2v) is 5.62. The highest BCUT2D eigenvalue weighted by Crippen LogP contribution is 2.10. The van der Waals surface area contributed by atoms with E-state index in [1.807, 2.05) is 23.1 Å². The molecule has 1 saturated heterocycles. The first-order valence-corrected chi connectivity index (χ1v) is 8.11. The number of nitrogens with one attached hydrogen (secondary N) is 1. The number of rotatable bonds is 6. The molecule has 1 aromatic carbocycles. The first-order chi connectivity index (χ1) is 10.8. The molecule has 0 aliphatic carbocycles. The van der Waals surface area contributed by atoms with Gasteiger partial charge in [0.25, 0.3) is 0 Å². The van der Waals surface area contributed by atoms with Gasteiger partial charge in [-0.05, 0) is 24.8 Å². The number of hydrogen-bond acceptors (Lipinski definition) is 2. The lowest BCUT2D eigenvalue weighted by Crippen LogP contribution is -2.40. The average Bonchev–Trinajstić information content (AvgIpc) is 2.73. The maximum Gasteiger partial charge on any atom is 0.222 e. The van der Waals surface area contributed by atoms with Gasteiger partial charge in [0.15, 0.2) is 5.96 Å². The van der Waals surface area contributed by atoms with E-state index in [4.69, 9.17) is 5.73 Å². The molecule has 1 fully saturated rings. The molecule has 1 amide bonds. The molecule has 0 spiro atoms. The number of amides is 1. The van der Waals surface area contributed by atoms with Crippen LogP contribution in [0.3, 0.4) is 0 Å². The molecular formula is C17H26N4O. The first kappa shape index (κ1) is 16.3. The summed E-state index contributed by atoms with van der Waals surface area (Å²) >= 11 is 0. The number of carbonyl (C=O) groups is 1. The number of hydrogen-bond donors (Lipinski definition) is 2. The van der Waals surface area contributed by atoms with Crippen LogP contribution in [0.4, 0.5) is 0 Å². The Labute approximate surface area is 132 Å². The van der Waals surface area contributed by atoms with Gasteiger partial charge < -0.3 is 16.0 Å². The van der Waals surface area contributed by atoms with Gasteiger partial charge in [-0.2, -0.15) is 0 Å². The highest BCUT2D eigenvalue weighted by atomic mass is 16.2. The molecule has 0 unspecified atom stereocenters. The second-order valence-electron chi connectivity index (χ2n) is 5.62. The zero-order valence-corrected chi connectivity index (χ0v) is 13.1. The van der Waals surface area contributed by atoms with E-state index in [9.17, 15) is 4.79 Å². The molecule has 1 aromatic rings. The molecule has 3 N–H and O–H groups in total. The summed E-state index contributed by atoms with van der Waals surface area (Å²) in [4.78, 5) is 18.1. The van der Waals surface area contributed by atoms with Crippen molar-refractivity contribution in [3.63, 3.8) is 0 Å². The van der Waals surface area contributed by atoms with E-state index in [2.05, 4.69) is 22.4 Å². The lowest BCUT2D eigenvalue weighted by Gasteiger charge is -2.20. The molecule has 0 bridgehead atoms. The minimum Gasteiger partial charge on any atom is -0.370 e. The number of benzene rings is 1. The van der Waals surface area contributed by atoms with Gasteiger partial charge in [0.05, 0.1) is 0 Å². The van der Waals surface area contributed by atoms with Gasteiger partial charge in [-0.3, -0.25) is 9.79 Å². The summed E-state index contributed by atoms with van der Waals surface area (Å²) in [5.41, 5.74) is 7.11. The minimum atomic E-state index is 0.263. The Morgan fingerprint density at radius 2 is 2.05 bits per heavy atom. The standard InChI is InChI=1S/C17H26N4O/c18-17(19-11-10-15-7-3-1-4-8-15)20-12-14-21-13-6-2-5-9-16(21)22/h1,3-4,7-8H,2,5-6,9-14H2,(H3,18,19,20). The van der Waals surface area contributed by atoms with Crippen LogP contribution in [0, 0.1) is 0 Å². The van der Waals surface area contributed by atoms with E-state index >= 15 is 0 Å². The Morgan fingerprint density at radius 3 is 2.86 bits per heavy atom. The van der Waals surface area contributed by atoms with E-state index < -0.39 is 0 Å². The molecule has 0 atom stereocenters. The topological polar surface area (TPSA) is 70.7 Å². The molecule has 1 aliphatic heterocycles. The van der Waals surface area contributed by atoms with Gasteiger partial charge in [-0.15, -0.1) is 0 Å². The predicted octanol–water partition coefficient (Wildman–Crippen LogP) is 1.54. The van der Waals surface area contributed by atoms with E-state index in [1.54, 1.807) is 0 Å². The highest BCUT2D eigenvalue weighted by Gasteiger charge is 2.15. The van der Waals surface area contributed by atoms with E-state index in [-0.39, 0.29) is 5.91 Å². The normalized spacial score (nSPS) is 16.5. The summed E-state index contributed by atoms with van der Waals surface area (Å²) < 4.78 is 0. The molecule has 0 saturated carbocycles. The molecule has 1 heterocycles. The second kappa shape index (κ2) is 9.07. The zero-order valence-electron chi connectivity index (χ0n) is 13.1. The van der Waals surface area contributed by atoms with Crippen molar-refractivity contribution >= 4 is 11.9 Å². The van der Waals surface area contributed by atoms with E-state index in [1.165, 1.54) is 5.56 Å². The van der Waals surface area contributed by atoms with Crippen LogP contribution in [0.15, 0.2) is 35.3 Å². The molecule has 0 aromatic heterocycles. The third-order valence-corrected chi connectivity index (χ3v) is 3.88. The molecular weight excluding hydrogens is 276 g/mol. The summed E-state index contributed by atoms with van der Waals surface area (Å²) in [5.74, 6) is 0.720. The van der Waals surface area contributed by atoms with Crippen molar-refractivity contribution in [2.75, 3.05) is 26.2 Å². The zero-order chi connectivity index (χ0) is 15.6. The molecule has 1 aliphatic rings. The summed E-state index contributed by atoms with van der Waals surface area (Å²) in [7, 11) is 0. The minimum absolute atomic E-state index is 0.263. The quantitative estimate of drug-likeness (QED) is 0.618. The summed E-state index contributed by atoms with van der Waals surface area (Å²) in [5, 5.41) is 3.09. The van der Waals surface area contributed by atoms with Gasteiger partial charge in [0.1, 0.15) is 0 Å². The fraction of sp³-hybridized carbons (Fsp3) is 0.529. The SMILES string of the molecule is NC(=NCCc1ccccc1)NCCN1CCCCCC1=O. The van der Waals surface area contributed by atoms with Crippen LogP contribution in [0.1, 0.15) is 31.2 Å². The third kappa shape index (κ3) is 5.76. The van der Waals surface area contributed by atoms with Crippen molar-refractivity contribution in [2.24, 2.45) is 10.7 Å². The molecule has 5 heteroatoms. The Kier molecular flexibility index (Phi) is 6.74. The van der Waals surface area contributed by atoms with Gasteiger partial charge in [0.2, 0.25) is 5.91 Å². The van der Waals surface area contributed by atoms with Crippen LogP contribution < -0.4 is 11.1 Å². The summed E-state index contributed by atoms with van der Waals surface area (Å²) in [6.07, 6.45) is 4.84. The van der Waals surface area contributed by atoms with E-state index in [0.717, 1.165) is 32.2 Å². The summed E-state index contributed by atoms with van der Waals surface area (Å²) in [6.45, 7) is 2.90. The van der Waals surface area contributed by atoms with Gasteiger partial charge in [-0.25, -0.2) is 0 Å². The van der Waals surface area contributed by atoms with Crippen LogP contribution in [-0.2, 0) is 11.2 Å².